The van der Waals surface area contributed by atoms with E-state index in [0.29, 0.717) is 31.5 Å². The number of imidazole rings is 1. The van der Waals surface area contributed by atoms with Gasteiger partial charge < -0.3 is 20.2 Å². The van der Waals surface area contributed by atoms with Gasteiger partial charge in [0.05, 0.1) is 38.8 Å². The molecule has 1 fully saturated rings. The van der Waals surface area contributed by atoms with Gasteiger partial charge in [0.25, 0.3) is 0 Å². The molecule has 0 bridgehead atoms. The number of nitrogens with one attached hydrogen (secondary N) is 1. The number of carbonyl (C=O) groups excluding carboxylic acids is 1. The van der Waals surface area contributed by atoms with Gasteiger partial charge in [-0.15, -0.1) is 0 Å². The molecule has 0 spiro atoms. The van der Waals surface area contributed by atoms with E-state index in [1.807, 2.05) is 12.1 Å². The molecular formula is C20H25N3O3. The summed E-state index contributed by atoms with van der Waals surface area (Å²) in [6.45, 7) is 4.89. The van der Waals surface area contributed by atoms with E-state index in [2.05, 4.69) is 16.9 Å². The van der Waals surface area contributed by atoms with Crippen molar-refractivity contribution in [2.24, 2.45) is 11.7 Å². The Labute approximate surface area is 153 Å². The predicted octanol–water partition coefficient (Wildman–Crippen LogP) is 2.33. The number of hydrogen-bond donors (Lipinski definition) is 2. The average Bonchev–Trinajstić information content (AvgIpc) is 3.27. The molecule has 6 nitrogen and oxygen atoms in total. The number of ether oxygens (including phenoxy) is 2. The number of rotatable bonds is 7. The molecular weight excluding hydrogens is 330 g/mol. The highest BCUT2D eigenvalue weighted by atomic mass is 16.5. The van der Waals surface area contributed by atoms with Crippen molar-refractivity contribution in [2.45, 2.75) is 44.9 Å². The van der Waals surface area contributed by atoms with E-state index in [4.69, 9.17) is 15.2 Å². The van der Waals surface area contributed by atoms with Crippen molar-refractivity contribution >= 4 is 5.78 Å². The molecule has 0 aliphatic carbocycles. The van der Waals surface area contributed by atoms with Gasteiger partial charge >= 0.3 is 0 Å². The summed E-state index contributed by atoms with van der Waals surface area (Å²) in [6.07, 6.45) is 4.75. The minimum Gasteiger partial charge on any atom is -0.381 e. The van der Waals surface area contributed by atoms with E-state index in [1.165, 1.54) is 11.1 Å². The van der Waals surface area contributed by atoms with Crippen LogP contribution in [0.1, 0.15) is 52.0 Å². The van der Waals surface area contributed by atoms with Crippen LogP contribution in [0.3, 0.4) is 0 Å². The lowest BCUT2D eigenvalue weighted by atomic mass is 9.76. The summed E-state index contributed by atoms with van der Waals surface area (Å²) in [4.78, 5) is 20.2. The second-order valence-electron chi connectivity index (χ2n) is 7.22. The minimum absolute atomic E-state index is 0.0111. The van der Waals surface area contributed by atoms with Crippen LogP contribution >= 0.6 is 0 Å². The molecule has 4 rings (SSSR count). The molecule has 138 valence electrons. The summed E-state index contributed by atoms with van der Waals surface area (Å²) >= 11 is 0. The van der Waals surface area contributed by atoms with Gasteiger partial charge in [-0.05, 0) is 29.0 Å². The molecule has 1 aromatic carbocycles. The fourth-order valence-electron chi connectivity index (χ4n) is 4.10. The van der Waals surface area contributed by atoms with E-state index >= 15 is 0 Å². The van der Waals surface area contributed by atoms with Crippen molar-refractivity contribution in [3.63, 3.8) is 0 Å². The Morgan fingerprint density at radius 3 is 2.85 bits per heavy atom. The van der Waals surface area contributed by atoms with Gasteiger partial charge in [0, 0.05) is 29.8 Å². The summed E-state index contributed by atoms with van der Waals surface area (Å²) in [5.74, 6) is 0.754. The molecule has 1 aromatic heterocycles. The molecule has 2 aliphatic heterocycles. The maximum Gasteiger partial charge on any atom is 0.180 e. The lowest BCUT2D eigenvalue weighted by Gasteiger charge is -2.35. The summed E-state index contributed by atoms with van der Waals surface area (Å²) in [5.41, 5.74) is 11.4. The second-order valence-corrected chi connectivity index (χ2v) is 7.22. The third-order valence-electron chi connectivity index (χ3n) is 5.60. The zero-order chi connectivity index (χ0) is 18.1. The first-order valence-corrected chi connectivity index (χ1v) is 9.26. The third kappa shape index (κ3) is 3.09. The van der Waals surface area contributed by atoms with Gasteiger partial charge in [0.2, 0.25) is 0 Å². The van der Waals surface area contributed by atoms with Crippen LogP contribution in [0.4, 0.5) is 0 Å². The van der Waals surface area contributed by atoms with Gasteiger partial charge in [-0.3, -0.25) is 4.79 Å². The number of fused-ring (bicyclic) bond motifs is 1. The number of aromatic amines is 1. The fraction of sp³-hybridized carbons (Fsp3) is 0.500. The van der Waals surface area contributed by atoms with Crippen molar-refractivity contribution in [1.29, 1.82) is 0 Å². The molecule has 0 radical (unpaired) electrons. The van der Waals surface area contributed by atoms with Crippen molar-refractivity contribution < 1.29 is 14.3 Å². The van der Waals surface area contributed by atoms with E-state index in [9.17, 15) is 4.79 Å². The Morgan fingerprint density at radius 2 is 2.19 bits per heavy atom. The highest BCUT2D eigenvalue weighted by Crippen LogP contribution is 2.40. The van der Waals surface area contributed by atoms with Crippen LogP contribution in [0, 0.1) is 5.92 Å². The third-order valence-corrected chi connectivity index (χ3v) is 5.60. The Kier molecular flexibility index (Phi) is 4.89. The summed E-state index contributed by atoms with van der Waals surface area (Å²) in [7, 11) is 0. The SMILES string of the molecule is CCC(c1c(C(=O)[C@@H](N)Cc2cnc[nH]2)ccc2c1COC2)C1COC1. The van der Waals surface area contributed by atoms with Crippen LogP contribution in [0.5, 0.6) is 0 Å². The van der Waals surface area contributed by atoms with Gasteiger partial charge in [-0.1, -0.05) is 19.1 Å². The van der Waals surface area contributed by atoms with Crippen LogP contribution < -0.4 is 5.73 Å². The second kappa shape index (κ2) is 7.31. The lowest BCUT2D eigenvalue weighted by molar-refractivity contribution is -0.0458. The number of hydrogen-bond acceptors (Lipinski definition) is 5. The van der Waals surface area contributed by atoms with Crippen LogP contribution in [0.25, 0.3) is 0 Å². The standard InChI is InChI=1S/C20H25N3O3/c1-2-15(13-8-25-9-13)19-16(4-3-12-7-26-10-17(12)19)20(24)18(21)5-14-6-22-11-23-14/h3-4,6,11,13,15,18H,2,5,7-10,21H2,1H3,(H,22,23)/t15?,18-/m0/s1. The first-order valence-electron chi connectivity index (χ1n) is 9.26. The monoisotopic (exact) mass is 355 g/mol. The van der Waals surface area contributed by atoms with Crippen molar-refractivity contribution in [3.05, 3.63) is 52.6 Å². The van der Waals surface area contributed by atoms with Crippen molar-refractivity contribution in [3.8, 4) is 0 Å². The average molecular weight is 355 g/mol. The highest BCUT2D eigenvalue weighted by molar-refractivity contribution is 6.02. The topological polar surface area (TPSA) is 90.2 Å². The van der Waals surface area contributed by atoms with Crippen molar-refractivity contribution in [1.82, 2.24) is 9.97 Å². The van der Waals surface area contributed by atoms with Crippen LogP contribution in [-0.2, 0) is 29.1 Å². The van der Waals surface area contributed by atoms with Gasteiger partial charge in [0.15, 0.2) is 5.78 Å². The first-order chi connectivity index (χ1) is 12.7. The molecule has 0 amide bonds. The molecule has 2 aromatic rings. The molecule has 0 saturated carbocycles. The zero-order valence-corrected chi connectivity index (χ0v) is 15.0. The summed E-state index contributed by atoms with van der Waals surface area (Å²) in [5, 5.41) is 0. The van der Waals surface area contributed by atoms with Gasteiger partial charge in [-0.2, -0.15) is 0 Å². The molecule has 26 heavy (non-hydrogen) atoms. The maximum absolute atomic E-state index is 13.2. The quantitative estimate of drug-likeness (QED) is 0.744. The minimum atomic E-state index is -0.593. The normalized spacial score (nSPS) is 19.0. The highest BCUT2D eigenvalue weighted by Gasteiger charge is 2.35. The number of ketones is 1. The number of aromatic nitrogens is 2. The van der Waals surface area contributed by atoms with E-state index in [1.54, 1.807) is 12.5 Å². The number of Topliss-reactive ketones (excluding diaryl/α,β-unsaturated/α-hetero) is 1. The number of nitrogens with two attached hydrogens (primary N) is 1. The fourth-order valence-corrected chi connectivity index (χ4v) is 4.10. The summed E-state index contributed by atoms with van der Waals surface area (Å²) in [6, 6.07) is 3.37. The molecule has 3 heterocycles. The number of benzene rings is 1. The molecule has 1 unspecified atom stereocenters. The molecule has 1 saturated heterocycles. The Bertz CT molecular complexity index is 784. The zero-order valence-electron chi connectivity index (χ0n) is 15.0. The van der Waals surface area contributed by atoms with Crippen LogP contribution in [0.15, 0.2) is 24.7 Å². The van der Waals surface area contributed by atoms with E-state index in [0.717, 1.165) is 36.5 Å². The molecule has 3 N–H and O–H groups in total. The molecule has 2 atom stereocenters. The van der Waals surface area contributed by atoms with Gasteiger partial charge in [-0.25, -0.2) is 4.98 Å². The first kappa shape index (κ1) is 17.4. The smallest absolute Gasteiger partial charge is 0.180 e. The van der Waals surface area contributed by atoms with Gasteiger partial charge in [0.1, 0.15) is 0 Å². The number of carbonyl (C=O) groups is 1. The number of H-pyrrole nitrogens is 1. The van der Waals surface area contributed by atoms with E-state index < -0.39 is 6.04 Å². The lowest BCUT2D eigenvalue weighted by Crippen LogP contribution is -2.37. The Morgan fingerprint density at radius 1 is 1.35 bits per heavy atom. The Balaban J connectivity index is 1.69. The Hall–Kier alpha value is -2.02. The molecule has 2 aliphatic rings. The molecule has 6 heteroatoms. The largest absolute Gasteiger partial charge is 0.381 e. The van der Waals surface area contributed by atoms with Crippen LogP contribution in [0.2, 0.25) is 0 Å². The predicted molar refractivity (Wildman–Crippen MR) is 96.9 cm³/mol. The maximum atomic E-state index is 13.2. The van der Waals surface area contributed by atoms with Crippen LogP contribution in [-0.4, -0.2) is 35.0 Å². The summed E-state index contributed by atoms with van der Waals surface area (Å²) < 4.78 is 11.1. The van der Waals surface area contributed by atoms with Crippen molar-refractivity contribution in [2.75, 3.05) is 13.2 Å². The van der Waals surface area contributed by atoms with E-state index in [-0.39, 0.29) is 5.78 Å². The number of nitrogens with zero attached hydrogens (tertiary/aromatic N) is 1.